The molecule has 0 radical (unpaired) electrons. The molecular formula is C9H14N2. The summed E-state index contributed by atoms with van der Waals surface area (Å²) in [4.78, 5) is 4.30. The lowest BCUT2D eigenvalue weighted by Crippen LogP contribution is -2.15. The fourth-order valence-corrected chi connectivity index (χ4v) is 1.55. The molecule has 0 spiro atoms. The van der Waals surface area contributed by atoms with Gasteiger partial charge in [0.05, 0.1) is 0 Å². The molecule has 0 bridgehead atoms. The average Bonchev–Trinajstić information content (AvgIpc) is 2.27. The Hall–Kier alpha value is -0.790. The third kappa shape index (κ3) is 1.30. The van der Waals surface area contributed by atoms with Crippen LogP contribution in [0.4, 0.5) is 0 Å². The summed E-state index contributed by atoms with van der Waals surface area (Å²) < 4.78 is 2.12. The number of nitrogens with zero attached hydrogens (tertiary/aromatic N) is 2. The second-order valence-corrected chi connectivity index (χ2v) is 3.46. The second-order valence-electron chi connectivity index (χ2n) is 3.46. The van der Waals surface area contributed by atoms with Crippen LogP contribution in [-0.2, 0) is 13.5 Å². The molecule has 1 aliphatic carbocycles. The fraction of sp³-hybridized carbons (Fsp3) is 0.667. The minimum Gasteiger partial charge on any atom is -0.338 e. The van der Waals surface area contributed by atoms with Crippen LogP contribution in [0.1, 0.15) is 25.1 Å². The SMILES string of the molecule is Cn1ccnc1CC1CCC1. The highest BCUT2D eigenvalue weighted by atomic mass is 15.0. The molecule has 1 aliphatic rings. The number of aryl methyl sites for hydroxylation is 1. The Morgan fingerprint density at radius 3 is 2.91 bits per heavy atom. The normalized spacial score (nSPS) is 18.3. The number of aromatic nitrogens is 2. The van der Waals surface area contributed by atoms with E-state index >= 15 is 0 Å². The van der Waals surface area contributed by atoms with E-state index in [2.05, 4.69) is 16.6 Å². The molecule has 0 aliphatic heterocycles. The van der Waals surface area contributed by atoms with Crippen LogP contribution in [-0.4, -0.2) is 9.55 Å². The van der Waals surface area contributed by atoms with Gasteiger partial charge in [0.2, 0.25) is 0 Å². The van der Waals surface area contributed by atoms with Crippen molar-refractivity contribution < 1.29 is 0 Å². The zero-order chi connectivity index (χ0) is 7.68. The zero-order valence-corrected chi connectivity index (χ0v) is 6.95. The smallest absolute Gasteiger partial charge is 0.108 e. The molecule has 2 heteroatoms. The van der Waals surface area contributed by atoms with Gasteiger partial charge < -0.3 is 4.57 Å². The monoisotopic (exact) mass is 150 g/mol. The molecule has 0 amide bonds. The summed E-state index contributed by atoms with van der Waals surface area (Å²) in [5, 5.41) is 0. The Bertz CT molecular complexity index is 235. The van der Waals surface area contributed by atoms with Crippen LogP contribution in [0.3, 0.4) is 0 Å². The van der Waals surface area contributed by atoms with Crippen molar-refractivity contribution in [3.8, 4) is 0 Å². The minimum atomic E-state index is 0.927. The highest BCUT2D eigenvalue weighted by Gasteiger charge is 2.18. The summed E-state index contributed by atoms with van der Waals surface area (Å²) in [7, 11) is 2.07. The first kappa shape index (κ1) is 6.89. The Balaban J connectivity index is 1.99. The first-order valence-electron chi connectivity index (χ1n) is 4.32. The molecule has 1 saturated carbocycles. The van der Waals surface area contributed by atoms with Crippen LogP contribution >= 0.6 is 0 Å². The van der Waals surface area contributed by atoms with E-state index < -0.39 is 0 Å². The van der Waals surface area contributed by atoms with E-state index in [-0.39, 0.29) is 0 Å². The Kier molecular flexibility index (Phi) is 1.68. The topological polar surface area (TPSA) is 17.8 Å². The fourth-order valence-electron chi connectivity index (χ4n) is 1.55. The number of hydrogen-bond acceptors (Lipinski definition) is 1. The molecule has 0 atom stereocenters. The van der Waals surface area contributed by atoms with Crippen molar-refractivity contribution in [2.45, 2.75) is 25.7 Å². The van der Waals surface area contributed by atoms with Crippen molar-refractivity contribution in [2.75, 3.05) is 0 Å². The van der Waals surface area contributed by atoms with E-state index in [0.717, 1.165) is 5.92 Å². The molecule has 0 saturated heterocycles. The van der Waals surface area contributed by atoms with Gasteiger partial charge in [0, 0.05) is 25.9 Å². The van der Waals surface area contributed by atoms with Crippen LogP contribution in [0.5, 0.6) is 0 Å². The van der Waals surface area contributed by atoms with Crippen molar-refractivity contribution in [1.82, 2.24) is 9.55 Å². The van der Waals surface area contributed by atoms with Crippen molar-refractivity contribution in [2.24, 2.45) is 13.0 Å². The number of imidazole rings is 1. The predicted octanol–water partition coefficient (Wildman–Crippen LogP) is 1.76. The molecule has 1 aromatic rings. The molecule has 0 aromatic carbocycles. The number of hydrogen-bond donors (Lipinski definition) is 0. The molecule has 0 unspecified atom stereocenters. The first-order chi connectivity index (χ1) is 5.36. The Morgan fingerprint density at radius 1 is 1.64 bits per heavy atom. The van der Waals surface area contributed by atoms with Gasteiger partial charge in [-0.05, 0) is 5.92 Å². The van der Waals surface area contributed by atoms with Gasteiger partial charge in [-0.25, -0.2) is 4.98 Å². The van der Waals surface area contributed by atoms with E-state index in [4.69, 9.17) is 0 Å². The van der Waals surface area contributed by atoms with Gasteiger partial charge in [0.25, 0.3) is 0 Å². The molecule has 2 nitrogen and oxygen atoms in total. The summed E-state index contributed by atoms with van der Waals surface area (Å²) in [5.74, 6) is 2.17. The quantitative estimate of drug-likeness (QED) is 0.628. The van der Waals surface area contributed by atoms with Crippen molar-refractivity contribution in [3.63, 3.8) is 0 Å². The van der Waals surface area contributed by atoms with Gasteiger partial charge in [-0.3, -0.25) is 0 Å². The molecular weight excluding hydrogens is 136 g/mol. The molecule has 60 valence electrons. The first-order valence-corrected chi connectivity index (χ1v) is 4.32. The Labute approximate surface area is 67.3 Å². The van der Waals surface area contributed by atoms with Crippen LogP contribution in [0.2, 0.25) is 0 Å². The summed E-state index contributed by atoms with van der Waals surface area (Å²) >= 11 is 0. The lowest BCUT2D eigenvalue weighted by molar-refractivity contribution is 0.307. The summed E-state index contributed by atoms with van der Waals surface area (Å²) in [6.45, 7) is 0. The Morgan fingerprint density at radius 2 is 2.45 bits per heavy atom. The third-order valence-electron chi connectivity index (χ3n) is 2.62. The van der Waals surface area contributed by atoms with Crippen LogP contribution in [0, 0.1) is 5.92 Å². The molecule has 1 aromatic heterocycles. The van der Waals surface area contributed by atoms with Crippen molar-refractivity contribution in [1.29, 1.82) is 0 Å². The van der Waals surface area contributed by atoms with E-state index in [1.54, 1.807) is 0 Å². The van der Waals surface area contributed by atoms with Crippen LogP contribution < -0.4 is 0 Å². The maximum Gasteiger partial charge on any atom is 0.108 e. The highest BCUT2D eigenvalue weighted by Crippen LogP contribution is 2.28. The van der Waals surface area contributed by atoms with Crippen molar-refractivity contribution >= 4 is 0 Å². The number of rotatable bonds is 2. The maximum absolute atomic E-state index is 4.30. The summed E-state index contributed by atoms with van der Waals surface area (Å²) in [6, 6.07) is 0. The third-order valence-corrected chi connectivity index (χ3v) is 2.62. The van der Waals surface area contributed by atoms with Crippen LogP contribution in [0.15, 0.2) is 12.4 Å². The van der Waals surface area contributed by atoms with Gasteiger partial charge in [0.1, 0.15) is 5.82 Å². The van der Waals surface area contributed by atoms with Gasteiger partial charge >= 0.3 is 0 Å². The second kappa shape index (κ2) is 2.68. The maximum atomic E-state index is 4.30. The molecule has 11 heavy (non-hydrogen) atoms. The standard InChI is InChI=1S/C9H14N2/c1-11-6-5-10-9(11)7-8-3-2-4-8/h5-6,8H,2-4,7H2,1H3. The largest absolute Gasteiger partial charge is 0.338 e. The van der Waals surface area contributed by atoms with Crippen LogP contribution in [0.25, 0.3) is 0 Å². The van der Waals surface area contributed by atoms with Gasteiger partial charge in [-0.2, -0.15) is 0 Å². The summed E-state index contributed by atoms with van der Waals surface area (Å²) in [5.41, 5.74) is 0. The predicted molar refractivity (Wildman–Crippen MR) is 44.3 cm³/mol. The molecule has 2 rings (SSSR count). The molecule has 1 heterocycles. The lowest BCUT2D eigenvalue weighted by atomic mass is 9.83. The average molecular weight is 150 g/mol. The van der Waals surface area contributed by atoms with E-state index in [1.807, 2.05) is 12.4 Å². The lowest BCUT2D eigenvalue weighted by Gasteiger charge is -2.24. The van der Waals surface area contributed by atoms with E-state index in [1.165, 1.54) is 31.5 Å². The highest BCUT2D eigenvalue weighted by molar-refractivity contribution is 4.94. The van der Waals surface area contributed by atoms with Gasteiger partial charge in [-0.15, -0.1) is 0 Å². The van der Waals surface area contributed by atoms with Gasteiger partial charge in [0.15, 0.2) is 0 Å². The van der Waals surface area contributed by atoms with Crippen molar-refractivity contribution in [3.05, 3.63) is 18.2 Å². The molecule has 1 fully saturated rings. The van der Waals surface area contributed by atoms with Gasteiger partial charge in [-0.1, -0.05) is 19.3 Å². The summed E-state index contributed by atoms with van der Waals surface area (Å²) in [6.07, 6.45) is 9.33. The molecule has 0 N–H and O–H groups in total. The minimum absolute atomic E-state index is 0.927. The zero-order valence-electron chi connectivity index (χ0n) is 6.95. The van der Waals surface area contributed by atoms with E-state index in [0.29, 0.717) is 0 Å². The van der Waals surface area contributed by atoms with E-state index in [9.17, 15) is 0 Å².